The van der Waals surface area contributed by atoms with Crippen LogP contribution in [-0.2, 0) is 7.05 Å². The molecule has 0 saturated heterocycles. The average molecular weight is 327 g/mol. The number of thiophene rings is 1. The van der Waals surface area contributed by atoms with Gasteiger partial charge in [-0.2, -0.15) is 0 Å². The number of hydrogen-bond donors (Lipinski definition) is 2. The summed E-state index contributed by atoms with van der Waals surface area (Å²) in [5.41, 5.74) is 3.04. The first-order valence-corrected chi connectivity index (χ1v) is 8.43. The average Bonchev–Trinajstić information content (AvgIpc) is 3.24. The highest BCUT2D eigenvalue weighted by atomic mass is 32.2. The van der Waals surface area contributed by atoms with Crippen LogP contribution in [0.3, 0.4) is 0 Å². The number of nitrogens with one attached hydrogen (secondary N) is 2. The summed E-state index contributed by atoms with van der Waals surface area (Å²) in [5.74, 6) is 0.704. The molecule has 0 aliphatic heterocycles. The number of rotatable bonds is 4. The Hall–Kier alpha value is -2.25. The third-order valence-corrected chi connectivity index (χ3v) is 5.11. The van der Waals surface area contributed by atoms with Crippen LogP contribution in [0.5, 0.6) is 0 Å². The molecule has 0 amide bonds. The molecule has 3 heterocycles. The lowest BCUT2D eigenvalue weighted by molar-refractivity contribution is 0.767. The van der Waals surface area contributed by atoms with Gasteiger partial charge in [-0.3, -0.25) is 4.68 Å². The predicted octanol–water partition coefficient (Wildman–Crippen LogP) is 4.14. The van der Waals surface area contributed by atoms with Crippen LogP contribution < -0.4 is 4.72 Å². The Kier molecular flexibility index (Phi) is 3.36. The molecule has 0 aliphatic carbocycles. The molecule has 7 heteroatoms. The minimum Gasteiger partial charge on any atom is -0.350 e. The van der Waals surface area contributed by atoms with E-state index in [1.54, 1.807) is 34.3 Å². The monoisotopic (exact) mass is 327 g/mol. The van der Waals surface area contributed by atoms with Crippen LogP contribution in [0, 0.1) is 0 Å². The quantitative estimate of drug-likeness (QED) is 0.553. The van der Waals surface area contributed by atoms with E-state index < -0.39 is 0 Å². The number of nitrogens with zero attached hydrogens (tertiary/aromatic N) is 3. The number of anilines is 1. The van der Waals surface area contributed by atoms with Gasteiger partial charge in [-0.05, 0) is 35.5 Å². The van der Waals surface area contributed by atoms with Gasteiger partial charge in [0, 0.05) is 12.4 Å². The molecule has 0 unspecified atom stereocenters. The van der Waals surface area contributed by atoms with E-state index in [0.717, 1.165) is 22.3 Å². The second-order valence-electron chi connectivity index (χ2n) is 4.83. The molecule has 110 valence electrons. The highest BCUT2D eigenvalue weighted by Crippen LogP contribution is 2.31. The Balaban J connectivity index is 1.68. The van der Waals surface area contributed by atoms with E-state index in [2.05, 4.69) is 55.5 Å². The molecule has 4 rings (SSSR count). The summed E-state index contributed by atoms with van der Waals surface area (Å²) in [6.07, 6.45) is 1.70. The van der Waals surface area contributed by atoms with Crippen molar-refractivity contribution in [3.05, 3.63) is 48.1 Å². The van der Waals surface area contributed by atoms with E-state index in [1.165, 1.54) is 4.21 Å². The molecule has 5 nitrogen and oxygen atoms in total. The molecular formula is C15H13N5S2. The number of hydrogen-bond acceptors (Lipinski definition) is 5. The fourth-order valence-corrected chi connectivity index (χ4v) is 3.71. The molecule has 0 bridgehead atoms. The van der Waals surface area contributed by atoms with Crippen molar-refractivity contribution in [2.45, 2.75) is 4.21 Å². The molecule has 4 aromatic rings. The van der Waals surface area contributed by atoms with Crippen LogP contribution in [0.2, 0.25) is 0 Å². The number of H-pyrrole nitrogens is 1. The van der Waals surface area contributed by atoms with Crippen molar-refractivity contribution in [1.29, 1.82) is 0 Å². The zero-order chi connectivity index (χ0) is 14.9. The molecule has 0 aliphatic rings. The highest BCUT2D eigenvalue weighted by molar-refractivity contribution is 8.02. The van der Waals surface area contributed by atoms with Crippen molar-refractivity contribution in [3.8, 4) is 11.5 Å². The van der Waals surface area contributed by atoms with Gasteiger partial charge in [-0.1, -0.05) is 18.2 Å². The number of aromatic amines is 1. The minimum absolute atomic E-state index is 0.704. The lowest BCUT2D eigenvalue weighted by Crippen LogP contribution is -1.88. The zero-order valence-electron chi connectivity index (χ0n) is 11.8. The van der Waals surface area contributed by atoms with E-state index >= 15 is 0 Å². The maximum Gasteiger partial charge on any atom is 0.197 e. The summed E-state index contributed by atoms with van der Waals surface area (Å²) in [6, 6.07) is 12.4. The highest BCUT2D eigenvalue weighted by Gasteiger charge is 2.10. The van der Waals surface area contributed by atoms with Crippen LogP contribution in [0.15, 0.2) is 52.3 Å². The van der Waals surface area contributed by atoms with E-state index in [1.807, 2.05) is 13.1 Å². The largest absolute Gasteiger partial charge is 0.350 e. The zero-order valence-corrected chi connectivity index (χ0v) is 13.4. The first-order chi connectivity index (χ1) is 10.8. The van der Waals surface area contributed by atoms with Crippen LogP contribution in [0.25, 0.3) is 22.4 Å². The van der Waals surface area contributed by atoms with Gasteiger partial charge < -0.3 is 9.71 Å². The van der Waals surface area contributed by atoms with Crippen molar-refractivity contribution >= 4 is 39.9 Å². The Morgan fingerprint density at radius 2 is 2.23 bits per heavy atom. The van der Waals surface area contributed by atoms with Crippen molar-refractivity contribution in [2.24, 2.45) is 7.05 Å². The molecule has 0 radical (unpaired) electrons. The topological polar surface area (TPSA) is 58.5 Å². The fourth-order valence-electron chi connectivity index (χ4n) is 2.25. The Bertz CT molecular complexity index is 907. The number of aromatic nitrogens is 4. The summed E-state index contributed by atoms with van der Waals surface area (Å²) < 4.78 is 6.34. The Morgan fingerprint density at radius 3 is 3.00 bits per heavy atom. The minimum atomic E-state index is 0.704. The first-order valence-electron chi connectivity index (χ1n) is 6.74. The number of fused-ring (bicyclic) bond motifs is 1. The lowest BCUT2D eigenvalue weighted by atomic mass is 10.2. The molecule has 0 spiro atoms. The summed E-state index contributed by atoms with van der Waals surface area (Å²) in [5, 5.41) is 7.55. The molecule has 0 fully saturated rings. The molecule has 0 saturated carbocycles. The van der Waals surface area contributed by atoms with Gasteiger partial charge in [0.2, 0.25) is 0 Å². The number of para-hydroxylation sites is 1. The maximum atomic E-state index is 4.34. The van der Waals surface area contributed by atoms with Gasteiger partial charge in [-0.15, -0.1) is 16.4 Å². The number of benzene rings is 1. The maximum absolute atomic E-state index is 4.34. The molecule has 3 aromatic heterocycles. The summed E-state index contributed by atoms with van der Waals surface area (Å²) in [6.45, 7) is 0. The van der Waals surface area contributed by atoms with Gasteiger partial charge in [-0.25, -0.2) is 4.98 Å². The first kappa shape index (κ1) is 13.4. The molecule has 1 aromatic carbocycles. The molecule has 22 heavy (non-hydrogen) atoms. The SMILES string of the molecule is Cn1cnc(-c2cc3cccc(NSc4cccs4)c3[nH]2)n1. The van der Waals surface area contributed by atoms with Crippen LogP contribution in [-0.4, -0.2) is 19.7 Å². The molecule has 0 atom stereocenters. The van der Waals surface area contributed by atoms with Crippen molar-refractivity contribution < 1.29 is 0 Å². The third-order valence-electron chi connectivity index (χ3n) is 3.25. The van der Waals surface area contributed by atoms with Gasteiger partial charge >= 0.3 is 0 Å². The van der Waals surface area contributed by atoms with Crippen molar-refractivity contribution in [2.75, 3.05) is 4.72 Å². The summed E-state index contributed by atoms with van der Waals surface area (Å²) in [4.78, 5) is 7.71. The van der Waals surface area contributed by atoms with Crippen molar-refractivity contribution in [1.82, 2.24) is 19.7 Å². The van der Waals surface area contributed by atoms with Crippen LogP contribution >= 0.6 is 23.3 Å². The molecule has 2 N–H and O–H groups in total. The summed E-state index contributed by atoms with van der Waals surface area (Å²) >= 11 is 3.34. The number of aryl methyl sites for hydroxylation is 1. The normalized spacial score (nSPS) is 11.1. The second-order valence-corrected chi connectivity index (χ2v) is 6.89. The smallest absolute Gasteiger partial charge is 0.197 e. The third kappa shape index (κ3) is 2.49. The predicted molar refractivity (Wildman–Crippen MR) is 92.1 cm³/mol. The van der Waals surface area contributed by atoms with Gasteiger partial charge in [0.1, 0.15) is 6.33 Å². The van der Waals surface area contributed by atoms with E-state index in [0.29, 0.717) is 5.82 Å². The molecular weight excluding hydrogens is 314 g/mol. The Morgan fingerprint density at radius 1 is 1.27 bits per heavy atom. The fraction of sp³-hybridized carbons (Fsp3) is 0.0667. The van der Waals surface area contributed by atoms with E-state index in [-0.39, 0.29) is 0 Å². The van der Waals surface area contributed by atoms with Gasteiger partial charge in [0.05, 0.1) is 21.1 Å². The van der Waals surface area contributed by atoms with E-state index in [9.17, 15) is 0 Å². The van der Waals surface area contributed by atoms with Crippen LogP contribution in [0.4, 0.5) is 5.69 Å². The Labute approximate surface area is 135 Å². The van der Waals surface area contributed by atoms with Gasteiger partial charge in [0.25, 0.3) is 0 Å². The van der Waals surface area contributed by atoms with Crippen molar-refractivity contribution in [3.63, 3.8) is 0 Å². The van der Waals surface area contributed by atoms with Crippen LogP contribution in [0.1, 0.15) is 0 Å². The van der Waals surface area contributed by atoms with E-state index in [4.69, 9.17) is 0 Å². The standard InChI is InChI=1S/C15H13N5S2/c1-20-9-16-15(18-20)12-8-10-4-2-5-11(14(10)17-12)19-22-13-6-3-7-21-13/h2-9,17,19H,1H3. The summed E-state index contributed by atoms with van der Waals surface area (Å²) in [7, 11) is 1.86. The second kappa shape index (κ2) is 5.51. The lowest BCUT2D eigenvalue weighted by Gasteiger charge is -2.04. The van der Waals surface area contributed by atoms with Gasteiger partial charge in [0.15, 0.2) is 5.82 Å².